The Hall–Kier alpha value is -1.51. The zero-order valence-corrected chi connectivity index (χ0v) is 12.9. The maximum absolute atomic E-state index is 5.40. The lowest BCUT2D eigenvalue weighted by Crippen LogP contribution is -2.25. The number of nitrogens with zero attached hydrogens (tertiary/aromatic N) is 1. The van der Waals surface area contributed by atoms with Gasteiger partial charge in [0, 0.05) is 17.8 Å². The molecule has 0 N–H and O–H groups in total. The second kappa shape index (κ2) is 6.78. The molecule has 1 aromatic carbocycles. The van der Waals surface area contributed by atoms with Crippen LogP contribution in [0, 0.1) is 11.8 Å². The fraction of sp³-hybridized carbons (Fsp3) is 0.588. The van der Waals surface area contributed by atoms with E-state index in [1.54, 1.807) is 14.2 Å². The second-order valence-corrected chi connectivity index (χ2v) is 5.85. The van der Waals surface area contributed by atoms with Crippen molar-refractivity contribution in [2.24, 2.45) is 16.8 Å². The summed E-state index contributed by atoms with van der Waals surface area (Å²) in [6, 6.07) is 6.27. The Morgan fingerprint density at radius 3 is 2.65 bits per heavy atom. The Morgan fingerprint density at radius 2 is 1.95 bits per heavy atom. The van der Waals surface area contributed by atoms with E-state index in [0.29, 0.717) is 12.0 Å². The predicted octanol–water partition coefficient (Wildman–Crippen LogP) is 3.95. The molecule has 0 saturated heterocycles. The molecule has 2 rings (SSSR count). The Labute approximate surface area is 122 Å². The zero-order valence-electron chi connectivity index (χ0n) is 12.9. The average Bonchev–Trinajstić information content (AvgIpc) is 2.48. The first-order valence-electron chi connectivity index (χ1n) is 7.39. The third-order valence-corrected chi connectivity index (χ3v) is 4.26. The molecule has 0 aliphatic heterocycles. The molecule has 0 spiro atoms. The third-order valence-electron chi connectivity index (χ3n) is 4.26. The molecule has 1 fully saturated rings. The summed E-state index contributed by atoms with van der Waals surface area (Å²) in [4.78, 5) is 4.80. The molecule has 0 heterocycles. The van der Waals surface area contributed by atoms with Gasteiger partial charge in [0.25, 0.3) is 0 Å². The van der Waals surface area contributed by atoms with Gasteiger partial charge in [0.1, 0.15) is 11.5 Å². The standard InChI is InChI=1S/C17H25NO2/c1-12-5-6-13(2)16(9-12)18-11-14-7-8-15(19-3)10-17(14)20-4/h7-8,10-13,16H,5-6,9H2,1-4H3. The molecular weight excluding hydrogens is 250 g/mol. The lowest BCUT2D eigenvalue weighted by molar-refractivity contribution is 0.268. The maximum atomic E-state index is 5.40. The molecule has 3 heteroatoms. The van der Waals surface area contributed by atoms with E-state index in [0.717, 1.165) is 23.0 Å². The van der Waals surface area contributed by atoms with Crippen molar-refractivity contribution in [1.29, 1.82) is 0 Å². The van der Waals surface area contributed by atoms with Crippen molar-refractivity contribution in [3.05, 3.63) is 23.8 Å². The summed E-state index contributed by atoms with van der Waals surface area (Å²) in [6.07, 6.45) is 5.76. The van der Waals surface area contributed by atoms with Crippen molar-refractivity contribution < 1.29 is 9.47 Å². The summed E-state index contributed by atoms with van der Waals surface area (Å²) in [7, 11) is 3.34. The fourth-order valence-corrected chi connectivity index (χ4v) is 2.81. The molecule has 0 bridgehead atoms. The summed E-state index contributed by atoms with van der Waals surface area (Å²) in [5, 5.41) is 0. The topological polar surface area (TPSA) is 30.8 Å². The molecule has 0 amide bonds. The molecule has 20 heavy (non-hydrogen) atoms. The van der Waals surface area contributed by atoms with Gasteiger partial charge in [-0.25, -0.2) is 0 Å². The minimum absolute atomic E-state index is 0.436. The van der Waals surface area contributed by atoms with Crippen LogP contribution >= 0.6 is 0 Å². The first-order chi connectivity index (χ1) is 9.63. The van der Waals surface area contributed by atoms with E-state index in [4.69, 9.17) is 14.5 Å². The molecule has 0 radical (unpaired) electrons. The van der Waals surface area contributed by atoms with Crippen LogP contribution in [0.2, 0.25) is 0 Å². The van der Waals surface area contributed by atoms with Gasteiger partial charge in [-0.2, -0.15) is 0 Å². The summed E-state index contributed by atoms with van der Waals surface area (Å²) in [5.41, 5.74) is 1.01. The molecule has 3 unspecified atom stereocenters. The lowest BCUT2D eigenvalue weighted by Gasteiger charge is -2.29. The van der Waals surface area contributed by atoms with E-state index in [1.807, 2.05) is 24.4 Å². The van der Waals surface area contributed by atoms with Gasteiger partial charge in [-0.3, -0.25) is 4.99 Å². The number of hydrogen-bond acceptors (Lipinski definition) is 3. The van der Waals surface area contributed by atoms with Gasteiger partial charge in [0.2, 0.25) is 0 Å². The Balaban J connectivity index is 2.14. The van der Waals surface area contributed by atoms with Crippen LogP contribution in [0.1, 0.15) is 38.7 Å². The number of aliphatic imine (C=N–C) groups is 1. The second-order valence-electron chi connectivity index (χ2n) is 5.85. The minimum atomic E-state index is 0.436. The Kier molecular flexibility index (Phi) is 5.05. The zero-order chi connectivity index (χ0) is 14.5. The van der Waals surface area contributed by atoms with Gasteiger partial charge in [0.05, 0.1) is 20.3 Å². The number of ether oxygens (including phenoxy) is 2. The third kappa shape index (κ3) is 3.53. The fourth-order valence-electron chi connectivity index (χ4n) is 2.81. The van der Waals surface area contributed by atoms with E-state index in [-0.39, 0.29) is 0 Å². The average molecular weight is 275 g/mol. The monoisotopic (exact) mass is 275 g/mol. The lowest BCUT2D eigenvalue weighted by atomic mass is 9.80. The van der Waals surface area contributed by atoms with Crippen LogP contribution in [0.3, 0.4) is 0 Å². The van der Waals surface area contributed by atoms with Gasteiger partial charge in [0.15, 0.2) is 0 Å². The van der Waals surface area contributed by atoms with Gasteiger partial charge in [-0.05, 0) is 36.8 Å². The molecule has 1 aromatic rings. The van der Waals surface area contributed by atoms with Crippen molar-refractivity contribution in [3.8, 4) is 11.5 Å². The molecule has 3 nitrogen and oxygen atoms in total. The number of benzene rings is 1. The highest BCUT2D eigenvalue weighted by atomic mass is 16.5. The maximum Gasteiger partial charge on any atom is 0.131 e. The van der Waals surface area contributed by atoms with Crippen molar-refractivity contribution in [2.45, 2.75) is 39.2 Å². The van der Waals surface area contributed by atoms with Crippen LogP contribution in [0.15, 0.2) is 23.2 Å². The Bertz CT molecular complexity index is 470. The first kappa shape index (κ1) is 14.9. The van der Waals surface area contributed by atoms with Crippen molar-refractivity contribution in [3.63, 3.8) is 0 Å². The number of hydrogen-bond donors (Lipinski definition) is 0. The van der Waals surface area contributed by atoms with E-state index >= 15 is 0 Å². The van der Waals surface area contributed by atoms with Crippen LogP contribution < -0.4 is 9.47 Å². The van der Waals surface area contributed by atoms with E-state index in [9.17, 15) is 0 Å². The molecule has 110 valence electrons. The van der Waals surface area contributed by atoms with Gasteiger partial charge >= 0.3 is 0 Å². The van der Waals surface area contributed by atoms with Crippen molar-refractivity contribution >= 4 is 6.21 Å². The smallest absolute Gasteiger partial charge is 0.131 e. The number of methoxy groups -OCH3 is 2. The quantitative estimate of drug-likeness (QED) is 0.779. The Morgan fingerprint density at radius 1 is 1.15 bits per heavy atom. The van der Waals surface area contributed by atoms with E-state index in [1.165, 1.54) is 19.3 Å². The SMILES string of the molecule is COc1ccc(C=NC2CC(C)CCC2C)c(OC)c1. The highest BCUT2D eigenvalue weighted by Gasteiger charge is 2.24. The van der Waals surface area contributed by atoms with Crippen LogP contribution in [-0.2, 0) is 0 Å². The van der Waals surface area contributed by atoms with Gasteiger partial charge in [-0.1, -0.05) is 20.3 Å². The van der Waals surface area contributed by atoms with Gasteiger partial charge < -0.3 is 9.47 Å². The molecule has 3 atom stereocenters. The van der Waals surface area contributed by atoms with Crippen LogP contribution in [0.5, 0.6) is 11.5 Å². The van der Waals surface area contributed by atoms with E-state index in [2.05, 4.69) is 13.8 Å². The first-order valence-corrected chi connectivity index (χ1v) is 7.39. The summed E-state index contributed by atoms with van der Waals surface area (Å²) in [5.74, 6) is 3.07. The minimum Gasteiger partial charge on any atom is -0.497 e. The summed E-state index contributed by atoms with van der Waals surface area (Å²) in [6.45, 7) is 4.63. The molecule has 1 aliphatic rings. The van der Waals surface area contributed by atoms with Crippen LogP contribution in [0.25, 0.3) is 0 Å². The number of rotatable bonds is 4. The molecule has 1 aliphatic carbocycles. The molecular formula is C17H25NO2. The molecule has 0 aromatic heterocycles. The van der Waals surface area contributed by atoms with Crippen molar-refractivity contribution in [1.82, 2.24) is 0 Å². The van der Waals surface area contributed by atoms with Crippen LogP contribution in [-0.4, -0.2) is 26.5 Å². The van der Waals surface area contributed by atoms with Crippen LogP contribution in [0.4, 0.5) is 0 Å². The largest absolute Gasteiger partial charge is 0.497 e. The predicted molar refractivity (Wildman–Crippen MR) is 83.1 cm³/mol. The van der Waals surface area contributed by atoms with Gasteiger partial charge in [-0.15, -0.1) is 0 Å². The highest BCUT2D eigenvalue weighted by Crippen LogP contribution is 2.31. The van der Waals surface area contributed by atoms with E-state index < -0.39 is 0 Å². The normalized spacial score (nSPS) is 26.7. The summed E-state index contributed by atoms with van der Waals surface area (Å²) < 4.78 is 10.6. The molecule has 1 saturated carbocycles. The highest BCUT2D eigenvalue weighted by molar-refractivity contribution is 5.84. The summed E-state index contributed by atoms with van der Waals surface area (Å²) >= 11 is 0. The van der Waals surface area contributed by atoms with Crippen molar-refractivity contribution in [2.75, 3.05) is 14.2 Å².